The first-order valence-electron chi connectivity index (χ1n) is 7.61. The average Bonchev–Trinajstić information content (AvgIpc) is 2.92. The Morgan fingerprint density at radius 3 is 2.74 bits per heavy atom. The van der Waals surface area contributed by atoms with Gasteiger partial charge in [-0.15, -0.1) is 0 Å². The second kappa shape index (κ2) is 6.50. The van der Waals surface area contributed by atoms with E-state index in [1.807, 2.05) is 6.92 Å². The lowest BCUT2D eigenvalue weighted by Crippen LogP contribution is -2.46. The van der Waals surface area contributed by atoms with E-state index in [1.165, 1.54) is 12.1 Å². The second-order valence-electron chi connectivity index (χ2n) is 5.81. The molecule has 5 nitrogen and oxygen atoms in total. The number of aryl methyl sites for hydroxylation is 1. The summed E-state index contributed by atoms with van der Waals surface area (Å²) in [5.41, 5.74) is 0.867. The molecule has 0 N–H and O–H groups in total. The van der Waals surface area contributed by atoms with Crippen LogP contribution in [-0.2, 0) is 16.0 Å². The Morgan fingerprint density at radius 1 is 1.35 bits per heavy atom. The van der Waals surface area contributed by atoms with Gasteiger partial charge in [-0.3, -0.25) is 4.79 Å². The molecule has 1 fully saturated rings. The van der Waals surface area contributed by atoms with Crippen LogP contribution in [0.15, 0.2) is 34.9 Å². The summed E-state index contributed by atoms with van der Waals surface area (Å²) in [6.45, 7) is 4.65. The number of amides is 1. The third-order valence-corrected chi connectivity index (χ3v) is 3.85. The summed E-state index contributed by atoms with van der Waals surface area (Å²) in [6.07, 6.45) is 1.43. The zero-order valence-electron chi connectivity index (χ0n) is 13.2. The van der Waals surface area contributed by atoms with Crippen LogP contribution >= 0.6 is 0 Å². The molecule has 2 atom stereocenters. The van der Waals surface area contributed by atoms with Gasteiger partial charge in [0.05, 0.1) is 25.3 Å². The molecule has 0 spiro atoms. The minimum atomic E-state index is -0.286. The Labute approximate surface area is 134 Å². The Kier molecular flexibility index (Phi) is 4.43. The molecule has 1 amide bonds. The topological polar surface area (TPSA) is 55.6 Å². The molecule has 1 aromatic heterocycles. The van der Waals surface area contributed by atoms with Gasteiger partial charge in [0.1, 0.15) is 17.7 Å². The third kappa shape index (κ3) is 3.76. The van der Waals surface area contributed by atoms with E-state index >= 15 is 0 Å². The predicted molar refractivity (Wildman–Crippen MR) is 81.2 cm³/mol. The van der Waals surface area contributed by atoms with Gasteiger partial charge in [-0.1, -0.05) is 12.1 Å². The number of nitrogens with zero attached hydrogens (tertiary/aromatic N) is 2. The Hall–Kier alpha value is -2.21. The van der Waals surface area contributed by atoms with Gasteiger partial charge in [-0.25, -0.2) is 9.37 Å². The maximum atomic E-state index is 13.1. The summed E-state index contributed by atoms with van der Waals surface area (Å²) < 4.78 is 24.3. The van der Waals surface area contributed by atoms with E-state index in [2.05, 4.69) is 4.98 Å². The molecule has 122 valence electrons. The highest BCUT2D eigenvalue weighted by Gasteiger charge is 2.29. The number of ether oxygens (including phenoxy) is 1. The number of oxazole rings is 1. The van der Waals surface area contributed by atoms with Crippen molar-refractivity contribution in [2.24, 2.45) is 0 Å². The quantitative estimate of drug-likeness (QED) is 0.873. The highest BCUT2D eigenvalue weighted by molar-refractivity contribution is 5.78. The molecule has 3 rings (SSSR count). The fraction of sp³-hybridized carbons (Fsp3) is 0.412. The highest BCUT2D eigenvalue weighted by atomic mass is 19.1. The molecule has 23 heavy (non-hydrogen) atoms. The van der Waals surface area contributed by atoms with Crippen LogP contribution in [0.4, 0.5) is 4.39 Å². The molecule has 1 aliphatic rings. The first kappa shape index (κ1) is 15.7. The van der Waals surface area contributed by atoms with E-state index in [1.54, 1.807) is 30.2 Å². The highest BCUT2D eigenvalue weighted by Crippen LogP contribution is 2.26. The van der Waals surface area contributed by atoms with Crippen molar-refractivity contribution in [3.63, 3.8) is 0 Å². The first-order chi connectivity index (χ1) is 11.0. The van der Waals surface area contributed by atoms with Crippen LogP contribution in [0.25, 0.3) is 0 Å². The summed E-state index contributed by atoms with van der Waals surface area (Å²) in [4.78, 5) is 18.2. The molecular weight excluding hydrogens is 299 g/mol. The van der Waals surface area contributed by atoms with Crippen LogP contribution in [0.2, 0.25) is 0 Å². The SMILES string of the molecule is Cc1ncc(CC(=O)N2CC(C)OC(c3ccc(F)cc3)C2)o1. The van der Waals surface area contributed by atoms with E-state index < -0.39 is 0 Å². The van der Waals surface area contributed by atoms with Gasteiger partial charge in [0, 0.05) is 13.5 Å². The fourth-order valence-electron chi connectivity index (χ4n) is 2.76. The van der Waals surface area contributed by atoms with Crippen molar-refractivity contribution in [1.82, 2.24) is 9.88 Å². The lowest BCUT2D eigenvalue weighted by atomic mass is 10.1. The number of halogens is 1. The molecule has 2 unspecified atom stereocenters. The van der Waals surface area contributed by atoms with Gasteiger partial charge < -0.3 is 14.1 Å². The number of aromatic nitrogens is 1. The average molecular weight is 318 g/mol. The van der Waals surface area contributed by atoms with E-state index in [9.17, 15) is 9.18 Å². The lowest BCUT2D eigenvalue weighted by molar-refractivity contribution is -0.144. The Bertz CT molecular complexity index is 683. The van der Waals surface area contributed by atoms with E-state index in [0.29, 0.717) is 24.7 Å². The molecular formula is C17H19FN2O3. The van der Waals surface area contributed by atoms with Crippen LogP contribution in [0.3, 0.4) is 0 Å². The normalized spacial score (nSPS) is 21.4. The molecule has 1 saturated heterocycles. The number of morpholine rings is 1. The van der Waals surface area contributed by atoms with E-state index in [-0.39, 0.29) is 30.4 Å². The Morgan fingerprint density at radius 2 is 2.09 bits per heavy atom. The minimum Gasteiger partial charge on any atom is -0.446 e. The zero-order chi connectivity index (χ0) is 16.4. The van der Waals surface area contributed by atoms with Gasteiger partial charge in [0.25, 0.3) is 0 Å². The number of hydrogen-bond donors (Lipinski definition) is 0. The van der Waals surface area contributed by atoms with Crippen molar-refractivity contribution in [1.29, 1.82) is 0 Å². The van der Waals surface area contributed by atoms with Crippen molar-refractivity contribution in [2.75, 3.05) is 13.1 Å². The summed E-state index contributed by atoms with van der Waals surface area (Å²) in [5.74, 6) is 0.798. The molecule has 1 aliphatic heterocycles. The van der Waals surface area contributed by atoms with Crippen LogP contribution < -0.4 is 0 Å². The van der Waals surface area contributed by atoms with Crippen LogP contribution in [0.5, 0.6) is 0 Å². The number of carbonyl (C=O) groups excluding carboxylic acids is 1. The predicted octanol–water partition coefficient (Wildman–Crippen LogP) is 2.65. The third-order valence-electron chi connectivity index (χ3n) is 3.85. The van der Waals surface area contributed by atoms with E-state index in [4.69, 9.17) is 9.15 Å². The molecule has 0 radical (unpaired) electrons. The van der Waals surface area contributed by atoms with Crippen molar-refractivity contribution < 1.29 is 18.3 Å². The lowest BCUT2D eigenvalue weighted by Gasteiger charge is -2.37. The molecule has 1 aromatic carbocycles. The molecule has 0 saturated carbocycles. The standard InChI is InChI=1S/C17H19FN2O3/c1-11-9-20(17(21)7-15-8-19-12(2)23-15)10-16(22-11)13-3-5-14(18)6-4-13/h3-6,8,11,16H,7,9-10H2,1-2H3. The molecule has 0 bridgehead atoms. The van der Waals surface area contributed by atoms with Gasteiger partial charge in [-0.2, -0.15) is 0 Å². The van der Waals surface area contributed by atoms with Gasteiger partial charge in [-0.05, 0) is 24.6 Å². The zero-order valence-corrected chi connectivity index (χ0v) is 13.2. The molecule has 0 aliphatic carbocycles. The summed E-state index contributed by atoms with van der Waals surface area (Å²) >= 11 is 0. The van der Waals surface area contributed by atoms with Crippen LogP contribution in [0.1, 0.15) is 30.2 Å². The monoisotopic (exact) mass is 318 g/mol. The molecule has 2 heterocycles. The van der Waals surface area contributed by atoms with Crippen molar-refractivity contribution >= 4 is 5.91 Å². The fourth-order valence-corrected chi connectivity index (χ4v) is 2.76. The van der Waals surface area contributed by atoms with Crippen LogP contribution in [0, 0.1) is 12.7 Å². The number of carbonyl (C=O) groups is 1. The first-order valence-corrected chi connectivity index (χ1v) is 7.61. The molecule has 2 aromatic rings. The maximum absolute atomic E-state index is 13.1. The second-order valence-corrected chi connectivity index (χ2v) is 5.81. The molecule has 6 heteroatoms. The largest absolute Gasteiger partial charge is 0.446 e. The smallest absolute Gasteiger partial charge is 0.230 e. The van der Waals surface area contributed by atoms with Gasteiger partial charge >= 0.3 is 0 Å². The van der Waals surface area contributed by atoms with E-state index in [0.717, 1.165) is 5.56 Å². The number of hydrogen-bond acceptors (Lipinski definition) is 4. The number of rotatable bonds is 3. The van der Waals surface area contributed by atoms with Crippen LogP contribution in [-0.4, -0.2) is 35.0 Å². The Balaban J connectivity index is 1.69. The van der Waals surface area contributed by atoms with Crippen molar-refractivity contribution in [3.8, 4) is 0 Å². The maximum Gasteiger partial charge on any atom is 0.230 e. The summed E-state index contributed by atoms with van der Waals surface area (Å²) in [6, 6.07) is 6.20. The number of benzene rings is 1. The summed E-state index contributed by atoms with van der Waals surface area (Å²) in [5, 5.41) is 0. The minimum absolute atomic E-state index is 0.0246. The van der Waals surface area contributed by atoms with Crippen molar-refractivity contribution in [2.45, 2.75) is 32.5 Å². The van der Waals surface area contributed by atoms with Gasteiger partial charge in [0.2, 0.25) is 5.91 Å². The summed E-state index contributed by atoms with van der Waals surface area (Å²) in [7, 11) is 0. The van der Waals surface area contributed by atoms with Crippen molar-refractivity contribution in [3.05, 3.63) is 53.5 Å². The van der Waals surface area contributed by atoms with Gasteiger partial charge in [0.15, 0.2) is 5.89 Å².